The van der Waals surface area contributed by atoms with Crippen LogP contribution in [0.5, 0.6) is 0 Å². The Bertz CT molecular complexity index is 248. The summed E-state index contributed by atoms with van der Waals surface area (Å²) < 4.78 is 4.92. The zero-order valence-corrected chi connectivity index (χ0v) is 10.5. The number of ether oxygens (including phenoxy) is 1. The van der Waals surface area contributed by atoms with Crippen LogP contribution in [-0.4, -0.2) is 3.98 Å². The van der Waals surface area contributed by atoms with E-state index in [2.05, 4.69) is 18.6 Å². The molecule has 0 fully saturated rings. The van der Waals surface area contributed by atoms with Crippen LogP contribution in [0, 0.1) is 0 Å². The Morgan fingerprint density at radius 3 is 2.67 bits per heavy atom. The molecule has 66 valence electrons. The van der Waals surface area contributed by atoms with Crippen LogP contribution in [0.2, 0.25) is 0 Å². The van der Waals surface area contributed by atoms with Crippen LogP contribution in [0.4, 0.5) is 4.79 Å². The third-order valence-electron chi connectivity index (χ3n) is 1.25. The standard InChI is InChI=1S/C8H7I2O2/c9-10-8(11)12-6-7-4-2-1-3-5-7/h1-5H,6H2/q-1. The molecule has 0 spiro atoms. The van der Waals surface area contributed by atoms with Crippen molar-refractivity contribution in [2.75, 3.05) is 0 Å². The number of hydrogen-bond acceptors (Lipinski definition) is 2. The minimum atomic E-state index is -0.445. The molecule has 0 atom stereocenters. The Hall–Kier alpha value is 0.150. The molecule has 2 nitrogen and oxygen atoms in total. The summed E-state index contributed by atoms with van der Waals surface area (Å²) in [6, 6.07) is 9.69. The fraction of sp³-hybridized carbons (Fsp3) is 0.125. The van der Waals surface area contributed by atoms with Crippen molar-refractivity contribution in [3.63, 3.8) is 0 Å². The van der Waals surface area contributed by atoms with Crippen LogP contribution >= 0.6 is 18.6 Å². The van der Waals surface area contributed by atoms with E-state index in [9.17, 15) is 4.79 Å². The molecule has 0 radical (unpaired) electrons. The van der Waals surface area contributed by atoms with E-state index < -0.39 is 17.2 Å². The van der Waals surface area contributed by atoms with Gasteiger partial charge < -0.3 is 0 Å². The summed E-state index contributed by atoms with van der Waals surface area (Å²) >= 11 is 1.65. The molecule has 0 amide bonds. The summed E-state index contributed by atoms with van der Waals surface area (Å²) in [5.74, 6) is 0. The Kier molecular flexibility index (Phi) is 4.89. The number of hydrogen-bond donors (Lipinski definition) is 0. The molecule has 12 heavy (non-hydrogen) atoms. The topological polar surface area (TPSA) is 26.3 Å². The van der Waals surface area contributed by atoms with Crippen LogP contribution in [-0.2, 0) is 11.3 Å². The predicted octanol–water partition coefficient (Wildman–Crippen LogP) is -0.238. The quantitative estimate of drug-likeness (QED) is 0.528. The van der Waals surface area contributed by atoms with Crippen LogP contribution in [0.1, 0.15) is 5.56 Å². The summed E-state index contributed by atoms with van der Waals surface area (Å²) in [4.78, 5) is 10.8. The molecule has 0 bridgehead atoms. The van der Waals surface area contributed by atoms with Gasteiger partial charge in [-0.1, -0.05) is 0 Å². The van der Waals surface area contributed by atoms with Crippen molar-refractivity contribution >= 4 is 22.6 Å². The first-order chi connectivity index (χ1) is 5.83. The molecule has 1 rings (SSSR count). The van der Waals surface area contributed by atoms with Crippen LogP contribution in [0.15, 0.2) is 30.3 Å². The second kappa shape index (κ2) is 5.74. The molecule has 0 aromatic heterocycles. The van der Waals surface area contributed by atoms with E-state index in [1.807, 2.05) is 30.3 Å². The molecule has 0 aliphatic carbocycles. The fourth-order valence-corrected chi connectivity index (χ4v) is 1.80. The molecule has 0 aliphatic heterocycles. The van der Waals surface area contributed by atoms with Gasteiger partial charge >= 0.3 is 91.9 Å². The van der Waals surface area contributed by atoms with Gasteiger partial charge in [-0.05, 0) is 0 Å². The normalized spacial score (nSPS) is 9.75. The van der Waals surface area contributed by atoms with Crippen molar-refractivity contribution in [3.8, 4) is 0 Å². The first-order valence-corrected chi connectivity index (χ1v) is 10.7. The van der Waals surface area contributed by atoms with Gasteiger partial charge in [-0.2, -0.15) is 0 Å². The van der Waals surface area contributed by atoms with E-state index >= 15 is 0 Å². The molecule has 1 aromatic carbocycles. The van der Waals surface area contributed by atoms with Gasteiger partial charge in [0.15, 0.2) is 0 Å². The van der Waals surface area contributed by atoms with Gasteiger partial charge in [0.2, 0.25) is 0 Å². The van der Waals surface area contributed by atoms with Crippen molar-refractivity contribution in [2.24, 2.45) is 0 Å². The SMILES string of the molecule is O=C(OCc1ccccc1)[I-]I. The van der Waals surface area contributed by atoms with Gasteiger partial charge in [-0.3, -0.25) is 0 Å². The Morgan fingerprint density at radius 1 is 1.42 bits per heavy atom. The maximum atomic E-state index is 10.8. The number of carbonyl (C=O) groups is 1. The van der Waals surface area contributed by atoms with E-state index in [0.29, 0.717) is 6.61 Å². The second-order valence-corrected chi connectivity index (χ2v) is 6.11. The molecule has 0 saturated heterocycles. The maximum absolute atomic E-state index is 10.8. The van der Waals surface area contributed by atoms with E-state index in [4.69, 9.17) is 4.74 Å². The van der Waals surface area contributed by atoms with Crippen molar-refractivity contribution in [1.29, 1.82) is 0 Å². The van der Waals surface area contributed by atoms with Crippen LogP contribution in [0.3, 0.4) is 0 Å². The first kappa shape index (κ1) is 10.2. The molecule has 1 aromatic rings. The average Bonchev–Trinajstić information content (AvgIpc) is 2.16. The number of benzene rings is 1. The van der Waals surface area contributed by atoms with Crippen molar-refractivity contribution < 1.29 is 26.8 Å². The van der Waals surface area contributed by atoms with Gasteiger partial charge in [-0.15, -0.1) is 0 Å². The van der Waals surface area contributed by atoms with Crippen molar-refractivity contribution in [2.45, 2.75) is 6.61 Å². The summed E-state index contributed by atoms with van der Waals surface area (Å²) in [5, 5.41) is 0. The number of carbonyl (C=O) groups excluding carboxylic acids is 1. The molecule has 4 heteroatoms. The van der Waals surface area contributed by atoms with E-state index in [0.717, 1.165) is 5.56 Å². The Labute approximate surface area is 91.1 Å². The van der Waals surface area contributed by atoms with Crippen molar-refractivity contribution in [3.05, 3.63) is 35.9 Å². The molecule has 0 N–H and O–H groups in total. The molecular formula is C8H7I2O2-. The van der Waals surface area contributed by atoms with E-state index in [-0.39, 0.29) is 3.98 Å². The van der Waals surface area contributed by atoms with Crippen LogP contribution in [0.25, 0.3) is 0 Å². The number of rotatable bonds is 3. The van der Waals surface area contributed by atoms with Gasteiger partial charge in [0.1, 0.15) is 0 Å². The summed E-state index contributed by atoms with van der Waals surface area (Å²) in [5.41, 5.74) is 1.04. The monoisotopic (exact) mass is 389 g/mol. The zero-order valence-electron chi connectivity index (χ0n) is 6.17. The van der Waals surface area contributed by atoms with E-state index in [1.165, 1.54) is 0 Å². The molecule has 0 unspecified atom stereocenters. The van der Waals surface area contributed by atoms with Gasteiger partial charge in [0.05, 0.1) is 0 Å². The Morgan fingerprint density at radius 2 is 2.08 bits per heavy atom. The molecule has 0 aliphatic rings. The van der Waals surface area contributed by atoms with Gasteiger partial charge in [0, 0.05) is 0 Å². The van der Waals surface area contributed by atoms with Gasteiger partial charge in [0.25, 0.3) is 0 Å². The predicted molar refractivity (Wildman–Crippen MR) is 50.6 cm³/mol. The van der Waals surface area contributed by atoms with E-state index in [1.54, 1.807) is 0 Å². The van der Waals surface area contributed by atoms with Crippen LogP contribution < -0.4 is 17.2 Å². The zero-order chi connectivity index (χ0) is 8.81. The van der Waals surface area contributed by atoms with Gasteiger partial charge in [-0.25, -0.2) is 0 Å². The second-order valence-electron chi connectivity index (χ2n) is 2.08. The third-order valence-corrected chi connectivity index (χ3v) is 4.13. The average molecular weight is 389 g/mol. The molecular weight excluding hydrogens is 382 g/mol. The first-order valence-electron chi connectivity index (χ1n) is 3.29. The third kappa shape index (κ3) is 3.70. The Balaban J connectivity index is 2.38. The van der Waals surface area contributed by atoms with Crippen molar-refractivity contribution in [1.82, 2.24) is 0 Å². The number of halogens is 2. The fourth-order valence-electron chi connectivity index (χ4n) is 0.735. The summed E-state index contributed by atoms with van der Waals surface area (Å²) in [6.07, 6.45) is 0. The molecule has 0 saturated carbocycles. The summed E-state index contributed by atoms with van der Waals surface area (Å²) in [6.45, 7) is 0.405. The minimum absolute atomic E-state index is 0.0572. The molecule has 0 heterocycles. The summed E-state index contributed by atoms with van der Waals surface area (Å²) in [7, 11) is 0.